The van der Waals surface area contributed by atoms with Crippen LogP contribution in [0.5, 0.6) is 0 Å². The Bertz CT molecular complexity index is 594. The van der Waals surface area contributed by atoms with Gasteiger partial charge in [0.15, 0.2) is 0 Å². The highest BCUT2D eigenvalue weighted by Gasteiger charge is 2.22. The summed E-state index contributed by atoms with van der Waals surface area (Å²) in [5.74, 6) is 0.202. The third-order valence-electron chi connectivity index (χ3n) is 4.79. The number of anilines is 1. The van der Waals surface area contributed by atoms with Gasteiger partial charge >= 0.3 is 0 Å². The molecule has 1 aromatic carbocycles. The van der Waals surface area contributed by atoms with Crippen molar-refractivity contribution in [1.29, 1.82) is 0 Å². The first kappa shape index (κ1) is 18.7. The summed E-state index contributed by atoms with van der Waals surface area (Å²) in [6, 6.07) is 5.56. The van der Waals surface area contributed by atoms with E-state index in [9.17, 15) is 9.59 Å². The zero-order valence-electron chi connectivity index (χ0n) is 14.1. The molecule has 0 bridgehead atoms. The van der Waals surface area contributed by atoms with E-state index in [1.54, 1.807) is 0 Å². The van der Waals surface area contributed by atoms with Crippen molar-refractivity contribution in [3.05, 3.63) is 29.3 Å². The van der Waals surface area contributed by atoms with Gasteiger partial charge in [0.25, 0.3) is 5.91 Å². The van der Waals surface area contributed by atoms with Crippen LogP contribution in [-0.2, 0) is 4.79 Å². The second-order valence-corrected chi connectivity index (χ2v) is 6.56. The number of benzene rings is 1. The predicted molar refractivity (Wildman–Crippen MR) is 97.8 cm³/mol. The largest absolute Gasteiger partial charge is 0.339 e. The van der Waals surface area contributed by atoms with E-state index in [4.69, 9.17) is 0 Å². The topological polar surface area (TPSA) is 61.4 Å². The van der Waals surface area contributed by atoms with E-state index in [0.717, 1.165) is 63.1 Å². The molecule has 0 spiro atoms. The molecule has 1 unspecified atom stereocenters. The van der Waals surface area contributed by atoms with Crippen LogP contribution < -0.4 is 10.6 Å². The lowest BCUT2D eigenvalue weighted by Gasteiger charge is -2.22. The number of hydrogen-bond acceptors (Lipinski definition) is 3. The summed E-state index contributed by atoms with van der Waals surface area (Å²) in [5.41, 5.74) is 2.45. The normalized spacial score (nSPS) is 20.4. The van der Waals surface area contributed by atoms with Gasteiger partial charge < -0.3 is 15.5 Å². The molecule has 0 aliphatic carbocycles. The molecule has 3 rings (SSSR count). The van der Waals surface area contributed by atoms with Gasteiger partial charge in [-0.1, -0.05) is 0 Å². The standard InChI is InChI=1S/C18H25N3O2.ClH/c1-13-11-14(18(23)21-9-2-3-10-21)6-7-16(13)20-17(22)15-5-4-8-19-12-15;/h6-7,11,15,19H,2-5,8-10,12H2,1H3,(H,20,22);1H. The molecule has 24 heavy (non-hydrogen) atoms. The van der Waals surface area contributed by atoms with Crippen LogP contribution in [0, 0.1) is 12.8 Å². The first-order valence-corrected chi connectivity index (χ1v) is 8.56. The average Bonchev–Trinajstić information content (AvgIpc) is 3.11. The first-order valence-electron chi connectivity index (χ1n) is 8.56. The van der Waals surface area contributed by atoms with E-state index >= 15 is 0 Å². The number of aryl methyl sites for hydroxylation is 1. The lowest BCUT2D eigenvalue weighted by molar-refractivity contribution is -0.120. The van der Waals surface area contributed by atoms with Gasteiger partial charge in [0, 0.05) is 30.9 Å². The number of amides is 2. The SMILES string of the molecule is Cc1cc(C(=O)N2CCCC2)ccc1NC(=O)C1CCCNC1.Cl. The van der Waals surface area contributed by atoms with Gasteiger partial charge in [-0.05, 0) is 62.9 Å². The van der Waals surface area contributed by atoms with E-state index in [1.165, 1.54) is 0 Å². The van der Waals surface area contributed by atoms with Gasteiger partial charge in [-0.15, -0.1) is 12.4 Å². The van der Waals surface area contributed by atoms with Crippen molar-refractivity contribution in [2.24, 2.45) is 5.92 Å². The molecule has 0 saturated carbocycles. The fourth-order valence-electron chi connectivity index (χ4n) is 3.35. The van der Waals surface area contributed by atoms with Crippen molar-refractivity contribution in [2.45, 2.75) is 32.6 Å². The highest BCUT2D eigenvalue weighted by atomic mass is 35.5. The van der Waals surface area contributed by atoms with Gasteiger partial charge in [0.1, 0.15) is 0 Å². The number of halogens is 1. The summed E-state index contributed by atoms with van der Waals surface area (Å²) < 4.78 is 0. The molecule has 5 nitrogen and oxygen atoms in total. The van der Waals surface area contributed by atoms with Crippen LogP contribution in [0.25, 0.3) is 0 Å². The van der Waals surface area contributed by atoms with Crippen molar-refractivity contribution in [2.75, 3.05) is 31.5 Å². The van der Waals surface area contributed by atoms with Gasteiger partial charge in [0.05, 0.1) is 5.92 Å². The van der Waals surface area contributed by atoms with Crippen LogP contribution in [0.4, 0.5) is 5.69 Å². The quantitative estimate of drug-likeness (QED) is 0.879. The number of likely N-dealkylation sites (tertiary alicyclic amines) is 1. The summed E-state index contributed by atoms with van der Waals surface area (Å²) in [4.78, 5) is 26.6. The maximum Gasteiger partial charge on any atom is 0.253 e. The summed E-state index contributed by atoms with van der Waals surface area (Å²) in [7, 11) is 0. The van der Waals surface area contributed by atoms with E-state index in [0.29, 0.717) is 5.56 Å². The van der Waals surface area contributed by atoms with Gasteiger partial charge in [-0.3, -0.25) is 9.59 Å². The zero-order valence-corrected chi connectivity index (χ0v) is 15.0. The highest BCUT2D eigenvalue weighted by Crippen LogP contribution is 2.21. The predicted octanol–water partition coefficient (Wildman–Crippen LogP) is 2.59. The van der Waals surface area contributed by atoms with Crippen LogP contribution in [0.2, 0.25) is 0 Å². The number of carbonyl (C=O) groups excluding carboxylic acids is 2. The summed E-state index contributed by atoms with van der Waals surface area (Å²) in [5, 5.41) is 6.27. The first-order chi connectivity index (χ1) is 11.1. The minimum Gasteiger partial charge on any atom is -0.339 e. The Morgan fingerprint density at radius 1 is 1.21 bits per heavy atom. The molecule has 0 aromatic heterocycles. The molecule has 1 aromatic rings. The third kappa shape index (κ3) is 4.28. The molecule has 0 radical (unpaired) electrons. The number of piperidine rings is 1. The van der Waals surface area contributed by atoms with Crippen molar-refractivity contribution in [1.82, 2.24) is 10.2 Å². The molecule has 2 N–H and O–H groups in total. The molecule has 132 valence electrons. The smallest absolute Gasteiger partial charge is 0.253 e. The van der Waals surface area contributed by atoms with E-state index in [2.05, 4.69) is 10.6 Å². The maximum absolute atomic E-state index is 12.4. The monoisotopic (exact) mass is 351 g/mol. The van der Waals surface area contributed by atoms with Crippen molar-refractivity contribution >= 4 is 29.9 Å². The molecule has 1 atom stereocenters. The third-order valence-corrected chi connectivity index (χ3v) is 4.79. The molecular formula is C18H26ClN3O2. The molecule has 2 fully saturated rings. The van der Waals surface area contributed by atoms with Gasteiger partial charge in [-0.2, -0.15) is 0 Å². The Balaban J connectivity index is 0.00000208. The van der Waals surface area contributed by atoms with Crippen LogP contribution in [0.15, 0.2) is 18.2 Å². The summed E-state index contributed by atoms with van der Waals surface area (Å²) in [6.45, 7) is 5.39. The highest BCUT2D eigenvalue weighted by molar-refractivity contribution is 5.97. The minimum absolute atomic E-state index is 0. The van der Waals surface area contributed by atoms with E-state index in [1.807, 2.05) is 30.0 Å². The molecular weight excluding hydrogens is 326 g/mol. The Hall–Kier alpha value is -1.59. The van der Waals surface area contributed by atoms with Gasteiger partial charge in [-0.25, -0.2) is 0 Å². The van der Waals surface area contributed by atoms with Crippen LogP contribution in [0.3, 0.4) is 0 Å². The fourth-order valence-corrected chi connectivity index (χ4v) is 3.35. The van der Waals surface area contributed by atoms with Crippen LogP contribution in [0.1, 0.15) is 41.6 Å². The zero-order chi connectivity index (χ0) is 16.2. The number of rotatable bonds is 3. The number of nitrogens with one attached hydrogen (secondary N) is 2. The molecule has 2 aliphatic heterocycles. The lowest BCUT2D eigenvalue weighted by Crippen LogP contribution is -2.37. The molecule has 2 heterocycles. The minimum atomic E-state index is 0. The van der Waals surface area contributed by atoms with Crippen molar-refractivity contribution in [3.63, 3.8) is 0 Å². The average molecular weight is 352 g/mol. The molecule has 6 heteroatoms. The number of carbonyl (C=O) groups is 2. The lowest BCUT2D eigenvalue weighted by atomic mass is 9.98. The number of hydrogen-bond donors (Lipinski definition) is 2. The fraction of sp³-hybridized carbons (Fsp3) is 0.556. The molecule has 2 saturated heterocycles. The van der Waals surface area contributed by atoms with E-state index < -0.39 is 0 Å². The summed E-state index contributed by atoms with van der Waals surface area (Å²) in [6.07, 6.45) is 4.16. The Morgan fingerprint density at radius 2 is 1.96 bits per heavy atom. The Labute approximate surface area is 149 Å². The maximum atomic E-state index is 12.4. The molecule has 2 amide bonds. The summed E-state index contributed by atoms with van der Waals surface area (Å²) >= 11 is 0. The Morgan fingerprint density at radius 3 is 2.58 bits per heavy atom. The van der Waals surface area contributed by atoms with Crippen LogP contribution in [-0.4, -0.2) is 42.9 Å². The molecule has 2 aliphatic rings. The van der Waals surface area contributed by atoms with Crippen molar-refractivity contribution < 1.29 is 9.59 Å². The second-order valence-electron chi connectivity index (χ2n) is 6.56. The second kappa shape index (κ2) is 8.49. The van der Waals surface area contributed by atoms with Crippen molar-refractivity contribution in [3.8, 4) is 0 Å². The number of nitrogens with zero attached hydrogens (tertiary/aromatic N) is 1. The van der Waals surface area contributed by atoms with E-state index in [-0.39, 0.29) is 30.1 Å². The van der Waals surface area contributed by atoms with Gasteiger partial charge in [0.2, 0.25) is 5.91 Å². The van der Waals surface area contributed by atoms with Crippen LogP contribution >= 0.6 is 12.4 Å². The Kier molecular flexibility index (Phi) is 6.63.